The molecule has 4 rings (SSSR count). The predicted molar refractivity (Wildman–Crippen MR) is 126 cm³/mol. The zero-order chi connectivity index (χ0) is 18.6. The van der Waals surface area contributed by atoms with Gasteiger partial charge in [0.05, 0.1) is 12.8 Å². The van der Waals surface area contributed by atoms with E-state index < -0.39 is 0 Å². The highest BCUT2D eigenvalue weighted by atomic mass is 35.5. The Morgan fingerprint density at radius 3 is 2.62 bits per heavy atom. The summed E-state index contributed by atoms with van der Waals surface area (Å²) in [7, 11) is 1.69. The quantitative estimate of drug-likeness (QED) is 0.582. The number of nitrogens with two attached hydrogens (primary N) is 1. The van der Waals surface area contributed by atoms with Crippen LogP contribution >= 0.6 is 36.2 Å². The highest BCUT2D eigenvalue weighted by molar-refractivity contribution is 7.13. The lowest BCUT2D eigenvalue weighted by Crippen LogP contribution is -2.23. The molecule has 0 spiro atoms. The first kappa shape index (κ1) is 23.6. The van der Waals surface area contributed by atoms with Gasteiger partial charge in [-0.1, -0.05) is 42.5 Å². The Labute approximate surface area is 188 Å². The average Bonchev–Trinajstić information content (AvgIpc) is 3.36. The van der Waals surface area contributed by atoms with Gasteiger partial charge in [0, 0.05) is 36.5 Å². The van der Waals surface area contributed by atoms with Crippen LogP contribution in [-0.2, 0) is 6.54 Å². The van der Waals surface area contributed by atoms with Gasteiger partial charge in [-0.2, -0.15) is 0 Å². The normalized spacial score (nSPS) is 18.7. The maximum absolute atomic E-state index is 6.07. The Morgan fingerprint density at radius 1 is 1.10 bits per heavy atom. The number of rotatable bonds is 6. The molecular formula is C22H27Cl2N3OS. The number of nitrogens with zero attached hydrogens (tertiary/aromatic N) is 2. The Bertz CT molecular complexity index is 891. The molecule has 7 heteroatoms. The lowest BCUT2D eigenvalue weighted by Gasteiger charge is -2.16. The molecule has 0 saturated carbocycles. The SMILES string of the molecule is COc1cccc(-c2nc(CN3C[C@@H](CN)[C@H](c4ccccc4)C3)cs2)c1.Cl.Cl. The number of likely N-dealkylation sites (tertiary alicyclic amines) is 1. The van der Waals surface area contributed by atoms with Gasteiger partial charge in [0.2, 0.25) is 0 Å². The van der Waals surface area contributed by atoms with Crippen LogP contribution in [0, 0.1) is 5.92 Å². The average molecular weight is 452 g/mol. The minimum Gasteiger partial charge on any atom is -0.497 e. The van der Waals surface area contributed by atoms with Crippen LogP contribution in [0.1, 0.15) is 17.2 Å². The van der Waals surface area contributed by atoms with E-state index in [0.717, 1.165) is 48.2 Å². The van der Waals surface area contributed by atoms with Crippen LogP contribution in [0.3, 0.4) is 0 Å². The van der Waals surface area contributed by atoms with E-state index in [1.54, 1.807) is 18.4 Å². The van der Waals surface area contributed by atoms with E-state index in [9.17, 15) is 0 Å². The molecule has 1 aliphatic rings. The summed E-state index contributed by atoms with van der Waals surface area (Å²) in [6, 6.07) is 18.8. The molecular weight excluding hydrogens is 425 g/mol. The summed E-state index contributed by atoms with van der Waals surface area (Å²) in [5.74, 6) is 1.87. The fourth-order valence-electron chi connectivity index (χ4n) is 3.90. The van der Waals surface area contributed by atoms with Crippen molar-refractivity contribution in [2.24, 2.45) is 11.7 Å². The highest BCUT2D eigenvalue weighted by Crippen LogP contribution is 2.33. The molecule has 1 saturated heterocycles. The molecule has 2 heterocycles. The van der Waals surface area contributed by atoms with Gasteiger partial charge < -0.3 is 10.5 Å². The summed E-state index contributed by atoms with van der Waals surface area (Å²) in [5, 5.41) is 3.21. The lowest BCUT2D eigenvalue weighted by atomic mass is 9.89. The molecule has 2 atom stereocenters. The molecule has 0 radical (unpaired) electrons. The number of benzene rings is 2. The molecule has 29 heavy (non-hydrogen) atoms. The van der Waals surface area contributed by atoms with Crippen LogP contribution in [0.5, 0.6) is 5.75 Å². The van der Waals surface area contributed by atoms with E-state index >= 15 is 0 Å². The van der Waals surface area contributed by atoms with E-state index in [0.29, 0.717) is 11.8 Å². The highest BCUT2D eigenvalue weighted by Gasteiger charge is 2.32. The zero-order valence-electron chi connectivity index (χ0n) is 16.4. The zero-order valence-corrected chi connectivity index (χ0v) is 18.8. The summed E-state index contributed by atoms with van der Waals surface area (Å²) in [6.07, 6.45) is 0. The Morgan fingerprint density at radius 2 is 1.90 bits per heavy atom. The Kier molecular flexibility index (Phi) is 8.93. The van der Waals surface area contributed by atoms with Crippen LogP contribution < -0.4 is 10.5 Å². The lowest BCUT2D eigenvalue weighted by molar-refractivity contribution is 0.314. The van der Waals surface area contributed by atoms with E-state index in [2.05, 4.69) is 46.7 Å². The van der Waals surface area contributed by atoms with Gasteiger partial charge >= 0.3 is 0 Å². The summed E-state index contributed by atoms with van der Waals surface area (Å²) in [6.45, 7) is 3.67. The number of methoxy groups -OCH3 is 1. The number of hydrogen-bond acceptors (Lipinski definition) is 5. The molecule has 2 aromatic carbocycles. The molecule has 1 aliphatic heterocycles. The summed E-state index contributed by atoms with van der Waals surface area (Å²) in [5.41, 5.74) is 9.70. The fraction of sp³-hybridized carbons (Fsp3) is 0.318. The molecule has 0 aliphatic carbocycles. The van der Waals surface area contributed by atoms with Gasteiger partial charge in [0.25, 0.3) is 0 Å². The summed E-state index contributed by atoms with van der Waals surface area (Å²) < 4.78 is 5.33. The monoisotopic (exact) mass is 451 g/mol. The fourth-order valence-corrected chi connectivity index (χ4v) is 4.71. The number of halogens is 2. The van der Waals surface area contributed by atoms with Gasteiger partial charge in [-0.3, -0.25) is 4.90 Å². The van der Waals surface area contributed by atoms with Gasteiger partial charge in [-0.15, -0.1) is 36.2 Å². The van der Waals surface area contributed by atoms with Crippen molar-refractivity contribution in [2.45, 2.75) is 12.5 Å². The van der Waals surface area contributed by atoms with E-state index in [4.69, 9.17) is 15.5 Å². The van der Waals surface area contributed by atoms with Crippen LogP contribution in [0.4, 0.5) is 0 Å². The molecule has 156 valence electrons. The minimum atomic E-state index is 0. The Hall–Kier alpha value is -1.63. The third-order valence-corrected chi connectivity index (χ3v) is 6.24. The van der Waals surface area contributed by atoms with Crippen LogP contribution in [0.25, 0.3) is 10.6 Å². The number of hydrogen-bond donors (Lipinski definition) is 1. The van der Waals surface area contributed by atoms with E-state index in [-0.39, 0.29) is 24.8 Å². The summed E-state index contributed by atoms with van der Waals surface area (Å²) in [4.78, 5) is 7.34. The van der Waals surface area contributed by atoms with Crippen molar-refractivity contribution in [1.82, 2.24) is 9.88 Å². The van der Waals surface area contributed by atoms with E-state index in [1.165, 1.54) is 5.56 Å². The smallest absolute Gasteiger partial charge is 0.123 e. The van der Waals surface area contributed by atoms with Crippen molar-refractivity contribution >= 4 is 36.2 Å². The molecule has 0 unspecified atom stereocenters. The van der Waals surface area contributed by atoms with Crippen LogP contribution in [0.2, 0.25) is 0 Å². The van der Waals surface area contributed by atoms with Crippen molar-refractivity contribution in [3.8, 4) is 16.3 Å². The van der Waals surface area contributed by atoms with Gasteiger partial charge in [0.15, 0.2) is 0 Å². The third kappa shape index (κ3) is 5.50. The van der Waals surface area contributed by atoms with Crippen LogP contribution in [0.15, 0.2) is 60.0 Å². The van der Waals surface area contributed by atoms with E-state index in [1.807, 2.05) is 18.2 Å². The molecule has 0 amide bonds. The van der Waals surface area contributed by atoms with Gasteiger partial charge in [-0.05, 0) is 30.2 Å². The van der Waals surface area contributed by atoms with Crippen molar-refractivity contribution in [3.05, 3.63) is 71.2 Å². The van der Waals surface area contributed by atoms with Crippen molar-refractivity contribution < 1.29 is 4.74 Å². The number of aromatic nitrogens is 1. The largest absolute Gasteiger partial charge is 0.497 e. The maximum atomic E-state index is 6.07. The van der Waals surface area contributed by atoms with Crippen molar-refractivity contribution in [3.63, 3.8) is 0 Å². The number of ether oxygens (including phenoxy) is 1. The standard InChI is InChI=1S/C22H25N3OS.2ClH/c1-26-20-9-5-8-17(10-20)22-24-19(15-27-22)13-25-12-18(11-23)21(14-25)16-6-3-2-4-7-16;;/h2-10,15,18,21H,11-14,23H2,1H3;2*1H/t18-,21+;;/m1../s1. The molecule has 0 bridgehead atoms. The van der Waals surface area contributed by atoms with Gasteiger partial charge in [-0.25, -0.2) is 4.98 Å². The second-order valence-electron chi connectivity index (χ2n) is 7.08. The number of thiazole rings is 1. The predicted octanol–water partition coefficient (Wildman–Crippen LogP) is 4.84. The van der Waals surface area contributed by atoms with Crippen LogP contribution in [-0.4, -0.2) is 36.6 Å². The third-order valence-electron chi connectivity index (χ3n) is 5.30. The second-order valence-corrected chi connectivity index (χ2v) is 7.94. The first-order chi connectivity index (χ1) is 13.3. The molecule has 1 aromatic heterocycles. The summed E-state index contributed by atoms with van der Waals surface area (Å²) >= 11 is 1.69. The first-order valence-corrected chi connectivity index (χ1v) is 10.2. The van der Waals surface area contributed by atoms with Crippen molar-refractivity contribution in [1.29, 1.82) is 0 Å². The first-order valence-electron chi connectivity index (χ1n) is 9.33. The van der Waals surface area contributed by atoms with Crippen molar-refractivity contribution in [2.75, 3.05) is 26.7 Å². The molecule has 2 N–H and O–H groups in total. The molecule has 1 fully saturated rings. The minimum absolute atomic E-state index is 0. The van der Waals surface area contributed by atoms with Gasteiger partial charge in [0.1, 0.15) is 10.8 Å². The molecule has 4 nitrogen and oxygen atoms in total. The Balaban J connectivity index is 0.00000150. The topological polar surface area (TPSA) is 51.4 Å². The maximum Gasteiger partial charge on any atom is 0.123 e. The molecule has 3 aromatic rings. The second kappa shape index (κ2) is 11.0.